The second kappa shape index (κ2) is 6.12. The second-order valence-corrected chi connectivity index (χ2v) is 4.20. The van der Waals surface area contributed by atoms with Crippen LogP contribution in [0.25, 0.3) is 0 Å². The largest absolute Gasteiger partial charge is 0.333 e. The molecule has 0 saturated carbocycles. The van der Waals surface area contributed by atoms with Crippen molar-refractivity contribution >= 4 is 30.0 Å². The molecule has 2 heterocycles. The molecule has 16 heavy (non-hydrogen) atoms. The first-order valence-corrected chi connectivity index (χ1v) is 5.79. The van der Waals surface area contributed by atoms with Gasteiger partial charge in [0.15, 0.2) is 5.69 Å². The molecule has 1 aromatic heterocycles. The molecule has 5 nitrogen and oxygen atoms in total. The van der Waals surface area contributed by atoms with E-state index in [0.717, 1.165) is 37.7 Å². The molecule has 1 amide bonds. The van der Waals surface area contributed by atoms with Gasteiger partial charge in [0.2, 0.25) is 0 Å². The van der Waals surface area contributed by atoms with Crippen molar-refractivity contribution in [1.82, 2.24) is 19.0 Å². The number of hydrogen-bond donors (Lipinski definition) is 1. The zero-order chi connectivity index (χ0) is 10.7. The van der Waals surface area contributed by atoms with Crippen LogP contribution in [0.15, 0.2) is 6.20 Å². The molecule has 1 aromatic rings. The van der Waals surface area contributed by atoms with E-state index in [2.05, 4.69) is 14.1 Å². The van der Waals surface area contributed by atoms with Crippen molar-refractivity contribution in [3.63, 3.8) is 0 Å². The van der Waals surface area contributed by atoms with E-state index in [1.165, 1.54) is 0 Å². The van der Waals surface area contributed by atoms with Gasteiger partial charge in [-0.15, -0.1) is 12.4 Å². The highest BCUT2D eigenvalue weighted by Gasteiger charge is 2.29. The minimum absolute atomic E-state index is 0. The Hall–Kier alpha value is -0.720. The summed E-state index contributed by atoms with van der Waals surface area (Å²) in [5.74, 6) is 0.0153. The molecule has 1 saturated heterocycles. The Balaban J connectivity index is 0.00000128. The number of nitrogens with zero attached hydrogens (tertiary/aromatic N) is 3. The van der Waals surface area contributed by atoms with Crippen molar-refractivity contribution in [3.05, 3.63) is 11.9 Å². The van der Waals surface area contributed by atoms with Gasteiger partial charge >= 0.3 is 0 Å². The van der Waals surface area contributed by atoms with E-state index in [9.17, 15) is 4.79 Å². The van der Waals surface area contributed by atoms with Gasteiger partial charge in [0.25, 0.3) is 5.91 Å². The number of hydrogen-bond acceptors (Lipinski definition) is 5. The molecule has 0 aliphatic carbocycles. The van der Waals surface area contributed by atoms with Crippen LogP contribution in [0.1, 0.15) is 23.3 Å². The number of amides is 1. The van der Waals surface area contributed by atoms with Crippen LogP contribution in [0.5, 0.6) is 0 Å². The Morgan fingerprint density at radius 3 is 3.19 bits per heavy atom. The molecular weight excluding hydrogens is 248 g/mol. The van der Waals surface area contributed by atoms with E-state index in [1.807, 2.05) is 11.9 Å². The van der Waals surface area contributed by atoms with Crippen LogP contribution >= 0.6 is 24.1 Å². The Bertz CT molecular complexity index is 332. The van der Waals surface area contributed by atoms with Gasteiger partial charge in [-0.2, -0.15) is 8.75 Å². The van der Waals surface area contributed by atoms with Gasteiger partial charge in [-0.25, -0.2) is 0 Å². The summed E-state index contributed by atoms with van der Waals surface area (Å²) >= 11 is 1.08. The lowest BCUT2D eigenvalue weighted by atomic mass is 10.2. The number of likely N-dealkylation sites (tertiary alicyclic amines) is 1. The van der Waals surface area contributed by atoms with Crippen molar-refractivity contribution in [2.75, 3.05) is 20.1 Å². The number of likely N-dealkylation sites (N-methyl/N-ethyl adjacent to an activating group) is 1. The third-order valence-electron chi connectivity index (χ3n) is 2.66. The molecule has 1 aliphatic heterocycles. The predicted octanol–water partition coefficient (Wildman–Crippen LogP) is 0.784. The highest BCUT2D eigenvalue weighted by atomic mass is 35.5. The Morgan fingerprint density at radius 1 is 1.75 bits per heavy atom. The zero-order valence-electron chi connectivity index (χ0n) is 9.05. The lowest BCUT2D eigenvalue weighted by Crippen LogP contribution is -2.40. The normalized spacial score (nSPS) is 19.6. The van der Waals surface area contributed by atoms with Crippen LogP contribution in [0, 0.1) is 0 Å². The maximum Gasteiger partial charge on any atom is 0.275 e. The molecule has 1 fully saturated rings. The first-order valence-electron chi connectivity index (χ1n) is 5.06. The maximum atomic E-state index is 12.0. The molecule has 0 spiro atoms. The fraction of sp³-hybridized carbons (Fsp3) is 0.667. The third kappa shape index (κ3) is 2.69. The third-order valence-corrected chi connectivity index (χ3v) is 3.14. The number of aromatic nitrogens is 2. The monoisotopic (exact) mass is 262 g/mol. The minimum Gasteiger partial charge on any atom is -0.333 e. The Morgan fingerprint density at radius 2 is 2.56 bits per heavy atom. The first kappa shape index (κ1) is 13.3. The maximum absolute atomic E-state index is 12.0. The Kier molecular flexibility index (Phi) is 5.11. The topological polar surface area (TPSA) is 58.1 Å². The molecule has 1 aliphatic rings. The lowest BCUT2D eigenvalue weighted by Gasteiger charge is -2.23. The van der Waals surface area contributed by atoms with Gasteiger partial charge in [-0.3, -0.25) is 4.79 Å². The number of nitrogens with one attached hydrogen (secondary N) is 1. The van der Waals surface area contributed by atoms with Crippen LogP contribution < -0.4 is 5.32 Å². The highest BCUT2D eigenvalue weighted by Crippen LogP contribution is 2.18. The van der Waals surface area contributed by atoms with E-state index in [-0.39, 0.29) is 18.3 Å². The van der Waals surface area contributed by atoms with E-state index in [4.69, 9.17) is 0 Å². The second-order valence-electron chi connectivity index (χ2n) is 3.64. The quantitative estimate of drug-likeness (QED) is 0.875. The van der Waals surface area contributed by atoms with E-state index < -0.39 is 0 Å². The summed E-state index contributed by atoms with van der Waals surface area (Å²) in [7, 11) is 1.91. The van der Waals surface area contributed by atoms with E-state index in [1.54, 1.807) is 6.20 Å². The molecule has 2 rings (SSSR count). The average molecular weight is 263 g/mol. The molecule has 7 heteroatoms. The average Bonchev–Trinajstić information content (AvgIpc) is 2.87. The summed E-state index contributed by atoms with van der Waals surface area (Å²) in [6.45, 7) is 1.69. The summed E-state index contributed by atoms with van der Waals surface area (Å²) in [6.07, 6.45) is 3.70. The molecule has 90 valence electrons. The smallest absolute Gasteiger partial charge is 0.275 e. The molecule has 0 radical (unpaired) electrons. The van der Waals surface area contributed by atoms with Crippen molar-refractivity contribution in [1.29, 1.82) is 0 Å². The summed E-state index contributed by atoms with van der Waals surface area (Å²) in [5, 5.41) is 3.11. The molecule has 0 bridgehead atoms. The summed E-state index contributed by atoms with van der Waals surface area (Å²) < 4.78 is 7.83. The number of rotatable bonds is 3. The molecular formula is C9H15ClN4OS. The summed E-state index contributed by atoms with van der Waals surface area (Å²) in [4.78, 5) is 13.9. The van der Waals surface area contributed by atoms with Gasteiger partial charge in [0.05, 0.1) is 17.9 Å². The summed E-state index contributed by atoms with van der Waals surface area (Å²) in [5.41, 5.74) is 0.475. The van der Waals surface area contributed by atoms with E-state index in [0.29, 0.717) is 11.7 Å². The molecule has 0 aromatic carbocycles. The number of halogens is 1. The van der Waals surface area contributed by atoms with Crippen molar-refractivity contribution in [3.8, 4) is 0 Å². The standard InChI is InChI=1S/C9H14N4OS.ClH/c1-10-5-7-3-2-4-13(7)9(14)8-6-11-15-12-8;/h6-7,10H,2-5H2,1H3;1H. The van der Waals surface area contributed by atoms with Gasteiger partial charge < -0.3 is 10.2 Å². The fourth-order valence-electron chi connectivity index (χ4n) is 1.96. The lowest BCUT2D eigenvalue weighted by molar-refractivity contribution is 0.0732. The SMILES string of the molecule is CNCC1CCCN1C(=O)c1cnsn1.Cl. The van der Waals surface area contributed by atoms with Gasteiger partial charge in [-0.1, -0.05) is 0 Å². The van der Waals surface area contributed by atoms with Gasteiger partial charge in [0.1, 0.15) is 0 Å². The molecule has 1 atom stereocenters. The van der Waals surface area contributed by atoms with Crippen molar-refractivity contribution in [2.24, 2.45) is 0 Å². The van der Waals surface area contributed by atoms with Crippen LogP contribution in [-0.4, -0.2) is 45.7 Å². The van der Waals surface area contributed by atoms with Crippen molar-refractivity contribution < 1.29 is 4.79 Å². The van der Waals surface area contributed by atoms with Crippen LogP contribution in [0.2, 0.25) is 0 Å². The van der Waals surface area contributed by atoms with Crippen LogP contribution in [0.3, 0.4) is 0 Å². The fourth-order valence-corrected chi connectivity index (χ4v) is 2.36. The predicted molar refractivity (Wildman–Crippen MR) is 65.1 cm³/mol. The minimum atomic E-state index is 0. The summed E-state index contributed by atoms with van der Waals surface area (Å²) in [6, 6.07) is 0.309. The van der Waals surface area contributed by atoms with Gasteiger partial charge in [0, 0.05) is 19.1 Å². The van der Waals surface area contributed by atoms with Crippen LogP contribution in [0.4, 0.5) is 0 Å². The van der Waals surface area contributed by atoms with Gasteiger partial charge in [-0.05, 0) is 19.9 Å². The zero-order valence-corrected chi connectivity index (χ0v) is 10.7. The number of carbonyl (C=O) groups is 1. The first-order chi connectivity index (χ1) is 7.33. The van der Waals surface area contributed by atoms with E-state index >= 15 is 0 Å². The number of carbonyl (C=O) groups excluding carboxylic acids is 1. The van der Waals surface area contributed by atoms with Crippen LogP contribution in [-0.2, 0) is 0 Å². The Labute approximate surface area is 105 Å². The molecule has 1 unspecified atom stereocenters. The highest BCUT2D eigenvalue weighted by molar-refractivity contribution is 6.99. The molecule has 1 N–H and O–H groups in total. The van der Waals surface area contributed by atoms with Crippen molar-refractivity contribution in [2.45, 2.75) is 18.9 Å².